The van der Waals surface area contributed by atoms with Gasteiger partial charge in [0.05, 0.1) is 18.6 Å². The van der Waals surface area contributed by atoms with Crippen LogP contribution in [-0.2, 0) is 10.2 Å². The van der Waals surface area contributed by atoms with Gasteiger partial charge >= 0.3 is 0 Å². The van der Waals surface area contributed by atoms with E-state index in [1.54, 1.807) is 4.88 Å². The van der Waals surface area contributed by atoms with Crippen LogP contribution in [0, 0.1) is 12.8 Å². The summed E-state index contributed by atoms with van der Waals surface area (Å²) in [5, 5.41) is 5.53. The molecular weight excluding hydrogens is 218 g/mol. The zero-order chi connectivity index (χ0) is 11.6. The van der Waals surface area contributed by atoms with E-state index >= 15 is 0 Å². The average Bonchev–Trinajstić information content (AvgIpc) is 2.62. The van der Waals surface area contributed by atoms with Gasteiger partial charge in [-0.15, -0.1) is 11.3 Å². The Morgan fingerprint density at radius 3 is 2.69 bits per heavy atom. The van der Waals surface area contributed by atoms with Crippen molar-refractivity contribution in [3.8, 4) is 0 Å². The first-order valence-corrected chi connectivity index (χ1v) is 6.89. The van der Waals surface area contributed by atoms with Crippen LogP contribution in [0.4, 0.5) is 0 Å². The topological polar surface area (TPSA) is 21.3 Å². The maximum absolute atomic E-state index is 5.53. The van der Waals surface area contributed by atoms with Gasteiger partial charge in [-0.2, -0.15) is 0 Å². The summed E-state index contributed by atoms with van der Waals surface area (Å²) in [6.07, 6.45) is 1.21. The molecule has 1 aliphatic rings. The molecule has 1 N–H and O–H groups in total. The fraction of sp³-hybridized carbons (Fsp3) is 0.692. The molecule has 0 aliphatic carbocycles. The smallest absolute Gasteiger partial charge is 0.0596 e. The Bertz CT molecular complexity index is 343. The molecule has 2 rings (SSSR count). The summed E-state index contributed by atoms with van der Waals surface area (Å²) in [6, 6.07) is 2.23. The van der Waals surface area contributed by atoms with Crippen LogP contribution in [-0.4, -0.2) is 26.8 Å². The number of ether oxygens (including phenoxy) is 1. The van der Waals surface area contributed by atoms with E-state index in [0.717, 1.165) is 19.8 Å². The lowest BCUT2D eigenvalue weighted by Gasteiger charge is -2.47. The Hall–Kier alpha value is -0.380. The molecular formula is C13H21NOS. The standard InChI is InChI=1S/C13H21NOS/c1-4-11(7-14-3)13(8-15-9-13)12-10(2)5-6-16-12/h5-6,11,14H,4,7-9H2,1-3H3. The Morgan fingerprint density at radius 1 is 1.56 bits per heavy atom. The van der Waals surface area contributed by atoms with Gasteiger partial charge in [0.15, 0.2) is 0 Å². The van der Waals surface area contributed by atoms with E-state index in [0.29, 0.717) is 5.92 Å². The predicted molar refractivity (Wildman–Crippen MR) is 69.3 cm³/mol. The van der Waals surface area contributed by atoms with Crippen LogP contribution >= 0.6 is 11.3 Å². The van der Waals surface area contributed by atoms with Crippen molar-refractivity contribution in [2.24, 2.45) is 5.92 Å². The molecule has 0 spiro atoms. The molecule has 1 aromatic heterocycles. The van der Waals surface area contributed by atoms with Gasteiger partial charge in [0.1, 0.15) is 0 Å². The Kier molecular flexibility index (Phi) is 3.67. The summed E-state index contributed by atoms with van der Waals surface area (Å²) < 4.78 is 5.53. The van der Waals surface area contributed by atoms with Crippen molar-refractivity contribution in [3.05, 3.63) is 21.9 Å². The fourth-order valence-electron chi connectivity index (χ4n) is 2.73. The number of rotatable bonds is 5. The van der Waals surface area contributed by atoms with Crippen molar-refractivity contribution >= 4 is 11.3 Å². The highest BCUT2D eigenvalue weighted by Gasteiger charge is 2.47. The van der Waals surface area contributed by atoms with E-state index in [-0.39, 0.29) is 5.41 Å². The highest BCUT2D eigenvalue weighted by atomic mass is 32.1. The second kappa shape index (κ2) is 4.86. The molecule has 2 heterocycles. The monoisotopic (exact) mass is 239 g/mol. The van der Waals surface area contributed by atoms with Crippen LogP contribution in [0.15, 0.2) is 11.4 Å². The van der Waals surface area contributed by atoms with E-state index in [1.807, 2.05) is 18.4 Å². The molecule has 0 amide bonds. The van der Waals surface area contributed by atoms with Gasteiger partial charge in [-0.05, 0) is 43.4 Å². The van der Waals surface area contributed by atoms with Gasteiger partial charge in [-0.25, -0.2) is 0 Å². The second-order valence-electron chi connectivity index (χ2n) is 4.74. The molecule has 0 radical (unpaired) electrons. The predicted octanol–water partition coefficient (Wildman–Crippen LogP) is 2.57. The van der Waals surface area contributed by atoms with Crippen molar-refractivity contribution in [1.29, 1.82) is 0 Å². The first-order chi connectivity index (χ1) is 7.74. The largest absolute Gasteiger partial charge is 0.379 e. The summed E-state index contributed by atoms with van der Waals surface area (Å²) >= 11 is 1.89. The molecule has 1 fully saturated rings. The minimum absolute atomic E-state index is 0.288. The Morgan fingerprint density at radius 2 is 2.31 bits per heavy atom. The quantitative estimate of drug-likeness (QED) is 0.852. The Labute approximate surface area is 102 Å². The van der Waals surface area contributed by atoms with E-state index in [9.17, 15) is 0 Å². The van der Waals surface area contributed by atoms with Crippen molar-refractivity contribution in [1.82, 2.24) is 5.32 Å². The molecule has 0 saturated carbocycles. The molecule has 1 atom stereocenters. The molecule has 90 valence electrons. The first-order valence-electron chi connectivity index (χ1n) is 6.01. The third-order valence-corrected chi connectivity index (χ3v) is 4.99. The van der Waals surface area contributed by atoms with E-state index in [4.69, 9.17) is 4.74 Å². The SMILES string of the molecule is CCC(CNC)C1(c2sccc2C)COC1. The highest BCUT2D eigenvalue weighted by Crippen LogP contribution is 2.44. The Balaban J connectivity index is 2.28. The summed E-state index contributed by atoms with van der Waals surface area (Å²) in [5.41, 5.74) is 1.72. The molecule has 0 bridgehead atoms. The molecule has 1 aliphatic heterocycles. The minimum atomic E-state index is 0.288. The van der Waals surface area contributed by atoms with Crippen molar-refractivity contribution in [3.63, 3.8) is 0 Å². The summed E-state index contributed by atoms with van der Waals surface area (Å²) in [5.74, 6) is 0.684. The van der Waals surface area contributed by atoms with E-state index < -0.39 is 0 Å². The summed E-state index contributed by atoms with van der Waals surface area (Å²) in [7, 11) is 2.04. The van der Waals surface area contributed by atoms with Gasteiger partial charge in [0, 0.05) is 4.88 Å². The molecule has 2 nitrogen and oxygen atoms in total. The number of aryl methyl sites for hydroxylation is 1. The number of hydrogen-bond donors (Lipinski definition) is 1. The minimum Gasteiger partial charge on any atom is -0.379 e. The third kappa shape index (κ3) is 1.81. The normalized spacial score (nSPS) is 20.4. The van der Waals surface area contributed by atoms with Crippen molar-refractivity contribution < 1.29 is 4.74 Å². The van der Waals surface area contributed by atoms with Gasteiger partial charge in [-0.3, -0.25) is 0 Å². The maximum Gasteiger partial charge on any atom is 0.0596 e. The third-order valence-electron chi connectivity index (χ3n) is 3.76. The molecule has 16 heavy (non-hydrogen) atoms. The summed E-state index contributed by atoms with van der Waals surface area (Å²) in [4.78, 5) is 1.54. The average molecular weight is 239 g/mol. The van der Waals surface area contributed by atoms with Gasteiger partial charge in [-0.1, -0.05) is 13.3 Å². The molecule has 1 aromatic rings. The molecule has 1 saturated heterocycles. The molecule has 0 aromatic carbocycles. The zero-order valence-electron chi connectivity index (χ0n) is 10.4. The fourth-order valence-corrected chi connectivity index (χ4v) is 3.92. The van der Waals surface area contributed by atoms with Gasteiger partial charge in [0.25, 0.3) is 0 Å². The van der Waals surface area contributed by atoms with Crippen LogP contribution < -0.4 is 5.32 Å². The van der Waals surface area contributed by atoms with Crippen LogP contribution in [0.25, 0.3) is 0 Å². The van der Waals surface area contributed by atoms with Crippen LogP contribution in [0.1, 0.15) is 23.8 Å². The highest BCUT2D eigenvalue weighted by molar-refractivity contribution is 7.10. The van der Waals surface area contributed by atoms with Gasteiger partial charge < -0.3 is 10.1 Å². The van der Waals surface area contributed by atoms with Crippen molar-refractivity contribution in [2.75, 3.05) is 26.8 Å². The van der Waals surface area contributed by atoms with Gasteiger partial charge in [0.2, 0.25) is 0 Å². The van der Waals surface area contributed by atoms with Crippen LogP contribution in [0.2, 0.25) is 0 Å². The van der Waals surface area contributed by atoms with Crippen LogP contribution in [0.5, 0.6) is 0 Å². The molecule has 3 heteroatoms. The van der Waals surface area contributed by atoms with Crippen molar-refractivity contribution in [2.45, 2.75) is 25.7 Å². The number of nitrogens with one attached hydrogen (secondary N) is 1. The first kappa shape index (κ1) is 12.1. The molecule has 1 unspecified atom stereocenters. The lowest BCUT2D eigenvalue weighted by Crippen LogP contribution is -2.54. The number of hydrogen-bond acceptors (Lipinski definition) is 3. The maximum atomic E-state index is 5.53. The summed E-state index contributed by atoms with van der Waals surface area (Å²) in [6.45, 7) is 7.38. The lowest BCUT2D eigenvalue weighted by molar-refractivity contribution is -0.0893. The van der Waals surface area contributed by atoms with Crippen LogP contribution in [0.3, 0.4) is 0 Å². The lowest BCUT2D eigenvalue weighted by atomic mass is 9.70. The second-order valence-corrected chi connectivity index (χ2v) is 5.66. The number of thiophene rings is 1. The van der Waals surface area contributed by atoms with E-state index in [2.05, 4.69) is 30.6 Å². The zero-order valence-corrected chi connectivity index (χ0v) is 11.2. The van der Waals surface area contributed by atoms with E-state index in [1.165, 1.54) is 12.0 Å².